The molecule has 0 fully saturated rings. The van der Waals surface area contributed by atoms with Crippen LogP contribution >= 0.6 is 0 Å². The molecule has 0 saturated carbocycles. The third-order valence-corrected chi connectivity index (χ3v) is 12.4. The van der Waals surface area contributed by atoms with Crippen molar-refractivity contribution in [1.82, 2.24) is 59.8 Å². The van der Waals surface area contributed by atoms with E-state index in [1.54, 1.807) is 83.1 Å². The molecule has 0 amide bonds. The van der Waals surface area contributed by atoms with E-state index in [0.29, 0.717) is 67.5 Å². The van der Waals surface area contributed by atoms with Crippen molar-refractivity contribution in [3.05, 3.63) is 130 Å². The first-order chi connectivity index (χ1) is 36.3. The first kappa shape index (κ1) is 48.9. The number of ether oxygens (including phenoxy) is 4. The van der Waals surface area contributed by atoms with Crippen molar-refractivity contribution in [1.29, 1.82) is 0 Å². The van der Waals surface area contributed by atoms with Gasteiger partial charge >= 0.3 is 12.4 Å². The van der Waals surface area contributed by atoms with Gasteiger partial charge in [-0.15, -0.1) is 0 Å². The molecule has 0 unspecified atom stereocenters. The number of aromatic nitrogens is 12. The lowest BCUT2D eigenvalue weighted by Gasteiger charge is -2.15. The fourth-order valence-electron chi connectivity index (χ4n) is 8.63. The summed E-state index contributed by atoms with van der Waals surface area (Å²) in [6.45, 7) is 10.4. The largest absolute Gasteiger partial charge is 0.477 e. The standard InChI is InChI=1S/C32H21F3N6O2.C22H17F3N6O2/c1-16-14-21(32(33,34)35)23-22(15-16)38-26-24-25(37-18(3)17(2)36-24)28-29(27(26)39-23)41-31(43-20-12-8-5-9-13-20)30(40-28)42-19-10-6-4-7-11-19;1-8-6-11(22(23,24)25)13-12(7-8)28-16-14-15(27-10(3)9(2)26-14)18-19(17(16)29-13)31-21(33-5)20(30-18)32-4/h4-15H,1-3H3;6-7H,1-5H3. The summed E-state index contributed by atoms with van der Waals surface area (Å²) in [5.74, 6) is 1.12. The van der Waals surface area contributed by atoms with Crippen LogP contribution in [0.2, 0.25) is 0 Å². The van der Waals surface area contributed by atoms with Crippen LogP contribution < -0.4 is 18.9 Å². The van der Waals surface area contributed by atoms with Gasteiger partial charge in [0.2, 0.25) is 0 Å². The fraction of sp³-hybridized carbons (Fsp3) is 0.185. The average Bonchev–Trinajstić information content (AvgIpc) is 3.46. The van der Waals surface area contributed by atoms with E-state index in [9.17, 15) is 26.3 Å². The number of para-hydroxylation sites is 2. The van der Waals surface area contributed by atoms with Crippen LogP contribution in [0.25, 0.3) is 88.3 Å². The highest BCUT2D eigenvalue weighted by atomic mass is 19.4. The van der Waals surface area contributed by atoms with Crippen LogP contribution in [0.3, 0.4) is 0 Å². The van der Waals surface area contributed by atoms with Gasteiger partial charge in [0.15, 0.2) is 0 Å². The van der Waals surface area contributed by atoms with Crippen molar-refractivity contribution < 1.29 is 45.3 Å². The summed E-state index contributed by atoms with van der Waals surface area (Å²) in [4.78, 5) is 55.3. The second-order valence-electron chi connectivity index (χ2n) is 17.7. The first-order valence-electron chi connectivity index (χ1n) is 23.2. The highest BCUT2D eigenvalue weighted by Gasteiger charge is 2.36. The Kier molecular flexibility index (Phi) is 11.7. The molecular formula is C54H38F6N12O4. The molecule has 16 nitrogen and oxygen atoms in total. The van der Waals surface area contributed by atoms with Crippen LogP contribution in [0.15, 0.2) is 84.9 Å². The van der Waals surface area contributed by atoms with E-state index in [0.717, 1.165) is 12.1 Å². The number of aryl methyl sites for hydroxylation is 6. The molecule has 0 N–H and O–H groups in total. The first-order valence-corrected chi connectivity index (χ1v) is 23.2. The molecule has 0 aliphatic carbocycles. The Labute approximate surface area is 425 Å². The molecule has 0 aliphatic heterocycles. The Bertz CT molecular complexity index is 4380. The molecule has 0 bridgehead atoms. The topological polar surface area (TPSA) is 192 Å². The van der Waals surface area contributed by atoms with Crippen molar-refractivity contribution in [3.8, 4) is 35.0 Å². The Morgan fingerprint density at radius 1 is 0.316 bits per heavy atom. The summed E-state index contributed by atoms with van der Waals surface area (Å²) in [5.41, 5.74) is 4.28. The number of alkyl halides is 6. The average molecular weight is 1030 g/mol. The van der Waals surface area contributed by atoms with Gasteiger partial charge < -0.3 is 18.9 Å². The second-order valence-corrected chi connectivity index (χ2v) is 17.7. The zero-order chi connectivity index (χ0) is 53.5. The van der Waals surface area contributed by atoms with E-state index in [1.165, 1.54) is 14.2 Å². The summed E-state index contributed by atoms with van der Waals surface area (Å²) in [7, 11) is 2.80. The van der Waals surface area contributed by atoms with Crippen molar-refractivity contribution in [2.45, 2.75) is 53.9 Å². The number of nitrogens with zero attached hydrogens (tertiary/aromatic N) is 12. The van der Waals surface area contributed by atoms with E-state index in [4.69, 9.17) is 38.9 Å². The van der Waals surface area contributed by atoms with Crippen LogP contribution in [0.5, 0.6) is 35.0 Å². The number of hydrogen-bond donors (Lipinski definition) is 0. The predicted octanol–water partition coefficient (Wildman–Crippen LogP) is 12.8. The molecule has 6 aromatic carbocycles. The number of benzene rings is 6. The van der Waals surface area contributed by atoms with E-state index >= 15 is 0 Å². The van der Waals surface area contributed by atoms with E-state index < -0.39 is 23.5 Å². The number of halogens is 6. The van der Waals surface area contributed by atoms with Crippen molar-refractivity contribution in [3.63, 3.8) is 0 Å². The number of rotatable bonds is 6. The lowest BCUT2D eigenvalue weighted by Crippen LogP contribution is -2.09. The maximum absolute atomic E-state index is 14.2. The molecule has 0 radical (unpaired) electrons. The summed E-state index contributed by atoms with van der Waals surface area (Å²) >= 11 is 0. The molecule has 0 spiro atoms. The molecule has 380 valence electrons. The minimum atomic E-state index is -4.66. The minimum absolute atomic E-state index is 0.0122. The quantitative estimate of drug-likeness (QED) is 0.0867. The molecule has 0 atom stereocenters. The molecule has 6 heterocycles. The van der Waals surface area contributed by atoms with Crippen LogP contribution in [0.4, 0.5) is 26.3 Å². The molecule has 6 aromatic heterocycles. The summed E-state index contributed by atoms with van der Waals surface area (Å²) in [6, 6.07) is 23.1. The Morgan fingerprint density at radius 3 is 0.895 bits per heavy atom. The highest BCUT2D eigenvalue weighted by Crippen LogP contribution is 2.42. The molecule has 0 aliphatic rings. The number of fused-ring (bicyclic) bond motifs is 14. The van der Waals surface area contributed by atoms with Gasteiger partial charge in [0, 0.05) is 0 Å². The Balaban J connectivity index is 0.000000168. The van der Waals surface area contributed by atoms with Gasteiger partial charge in [-0.05, 0) is 101 Å². The van der Waals surface area contributed by atoms with E-state index in [1.807, 2.05) is 31.2 Å². The third-order valence-electron chi connectivity index (χ3n) is 12.4. The van der Waals surface area contributed by atoms with Gasteiger partial charge in [0.1, 0.15) is 88.7 Å². The van der Waals surface area contributed by atoms with Crippen LogP contribution in [0.1, 0.15) is 45.0 Å². The molecule has 12 aromatic rings. The SMILES string of the molecule is COc1nc2c3nc(C)c(C)nc3c3nc4cc(C)cc(C(F)(F)F)c4nc3c2nc1OC.Cc1cc(C(F)(F)F)c2nc3c4nc(Oc5ccccc5)c(Oc5ccccc5)nc4c4nc(C)c(C)nc4c3nc2c1. The Morgan fingerprint density at radius 2 is 0.592 bits per heavy atom. The van der Waals surface area contributed by atoms with Gasteiger partial charge in [-0.1, -0.05) is 36.4 Å². The van der Waals surface area contributed by atoms with Gasteiger partial charge in [-0.25, -0.2) is 59.8 Å². The number of hydrogen-bond acceptors (Lipinski definition) is 16. The van der Waals surface area contributed by atoms with Crippen LogP contribution in [-0.4, -0.2) is 74.0 Å². The summed E-state index contributed by atoms with van der Waals surface area (Å²) < 4.78 is 107. The Hall–Kier alpha value is -9.34. The highest BCUT2D eigenvalue weighted by molar-refractivity contribution is 6.20. The van der Waals surface area contributed by atoms with E-state index in [2.05, 4.69) is 39.9 Å². The second kappa shape index (κ2) is 18.2. The monoisotopic (exact) mass is 1030 g/mol. The fourth-order valence-corrected chi connectivity index (χ4v) is 8.63. The maximum atomic E-state index is 14.2. The molecule has 76 heavy (non-hydrogen) atoms. The van der Waals surface area contributed by atoms with Crippen molar-refractivity contribution >= 4 is 88.3 Å². The molecular weight excluding hydrogens is 995 g/mol. The van der Waals surface area contributed by atoms with Crippen LogP contribution in [-0.2, 0) is 12.4 Å². The lowest BCUT2D eigenvalue weighted by molar-refractivity contribution is -0.137. The zero-order valence-corrected chi connectivity index (χ0v) is 41.4. The summed E-state index contributed by atoms with van der Waals surface area (Å²) in [5, 5.41) is 0. The smallest absolute Gasteiger partial charge is 0.418 e. The van der Waals surface area contributed by atoms with Crippen molar-refractivity contribution in [2.24, 2.45) is 0 Å². The normalized spacial score (nSPS) is 12.1. The zero-order valence-electron chi connectivity index (χ0n) is 41.4. The van der Waals surface area contributed by atoms with E-state index in [-0.39, 0.29) is 89.7 Å². The van der Waals surface area contributed by atoms with Crippen LogP contribution in [0, 0.1) is 41.5 Å². The predicted molar refractivity (Wildman–Crippen MR) is 271 cm³/mol. The number of methoxy groups -OCH3 is 2. The molecule has 22 heteroatoms. The molecule has 0 saturated heterocycles. The lowest BCUT2D eigenvalue weighted by atomic mass is 10.1. The van der Waals surface area contributed by atoms with Gasteiger partial charge in [-0.2, -0.15) is 26.3 Å². The minimum Gasteiger partial charge on any atom is -0.477 e. The molecule has 12 rings (SSSR count). The maximum Gasteiger partial charge on any atom is 0.418 e. The third kappa shape index (κ3) is 8.59. The van der Waals surface area contributed by atoms with Gasteiger partial charge in [0.05, 0.1) is 59.2 Å². The van der Waals surface area contributed by atoms with Gasteiger partial charge in [0.25, 0.3) is 23.5 Å². The van der Waals surface area contributed by atoms with Gasteiger partial charge in [-0.3, -0.25) is 0 Å². The van der Waals surface area contributed by atoms with Crippen molar-refractivity contribution in [2.75, 3.05) is 14.2 Å². The summed E-state index contributed by atoms with van der Waals surface area (Å²) in [6.07, 6.45) is -9.27.